The van der Waals surface area contributed by atoms with Crippen LogP contribution >= 0.6 is 0 Å². The van der Waals surface area contributed by atoms with Crippen molar-refractivity contribution < 1.29 is 9.84 Å². The molecule has 0 amide bonds. The Morgan fingerprint density at radius 3 is 2.21 bits per heavy atom. The van der Waals surface area contributed by atoms with Crippen LogP contribution in [0.4, 0.5) is 0 Å². The van der Waals surface area contributed by atoms with Gasteiger partial charge in [0.2, 0.25) is 0 Å². The molecule has 1 unspecified atom stereocenters. The minimum atomic E-state index is -0.375. The number of aliphatic hydroxyl groups is 1. The van der Waals surface area contributed by atoms with Crippen molar-refractivity contribution in [2.75, 3.05) is 26.3 Å². The summed E-state index contributed by atoms with van der Waals surface area (Å²) in [6.45, 7) is 11.6. The number of rotatable bonds is 13. The van der Waals surface area contributed by atoms with Gasteiger partial charge in [-0.2, -0.15) is 0 Å². The second-order valence-electron chi connectivity index (χ2n) is 6.39. The number of nitrogens with one attached hydrogen (secondary N) is 1. The van der Waals surface area contributed by atoms with Crippen molar-refractivity contribution in [2.24, 2.45) is 11.8 Å². The van der Waals surface area contributed by atoms with Crippen molar-refractivity contribution >= 4 is 0 Å². The average Bonchev–Trinajstić information content (AvgIpc) is 2.31. The lowest BCUT2D eigenvalue weighted by Crippen LogP contribution is -2.31. The first kappa shape index (κ1) is 18.9. The van der Waals surface area contributed by atoms with Gasteiger partial charge in [-0.3, -0.25) is 0 Å². The van der Waals surface area contributed by atoms with Gasteiger partial charge in [0.15, 0.2) is 0 Å². The first-order chi connectivity index (χ1) is 9.02. The third-order valence-corrected chi connectivity index (χ3v) is 3.03. The van der Waals surface area contributed by atoms with Crippen LogP contribution in [0.3, 0.4) is 0 Å². The van der Waals surface area contributed by atoms with E-state index in [9.17, 15) is 5.11 Å². The molecule has 2 N–H and O–H groups in total. The van der Waals surface area contributed by atoms with Gasteiger partial charge in [-0.05, 0) is 24.8 Å². The van der Waals surface area contributed by atoms with Crippen LogP contribution < -0.4 is 5.32 Å². The van der Waals surface area contributed by atoms with Crippen LogP contribution in [0.25, 0.3) is 0 Å². The fourth-order valence-electron chi connectivity index (χ4n) is 1.92. The van der Waals surface area contributed by atoms with Gasteiger partial charge in [0.05, 0.1) is 12.7 Å². The number of ether oxygens (including phenoxy) is 1. The van der Waals surface area contributed by atoms with Gasteiger partial charge in [0.25, 0.3) is 0 Å². The normalized spacial score (nSPS) is 13.4. The Labute approximate surface area is 120 Å². The van der Waals surface area contributed by atoms with Gasteiger partial charge in [-0.25, -0.2) is 0 Å². The average molecular weight is 273 g/mol. The highest BCUT2D eigenvalue weighted by atomic mass is 16.5. The minimum Gasteiger partial charge on any atom is -0.389 e. The minimum absolute atomic E-state index is 0.375. The van der Waals surface area contributed by atoms with Crippen molar-refractivity contribution in [3.8, 4) is 0 Å². The molecule has 0 spiro atoms. The lowest BCUT2D eigenvalue weighted by molar-refractivity contribution is 0.0262. The van der Waals surface area contributed by atoms with Crippen molar-refractivity contribution in [1.82, 2.24) is 5.32 Å². The summed E-state index contributed by atoms with van der Waals surface area (Å²) in [5, 5.41) is 13.0. The summed E-state index contributed by atoms with van der Waals surface area (Å²) in [6.07, 6.45) is 6.15. The van der Waals surface area contributed by atoms with E-state index in [2.05, 4.69) is 33.0 Å². The second kappa shape index (κ2) is 12.9. The summed E-state index contributed by atoms with van der Waals surface area (Å²) in [5.74, 6) is 1.37. The Morgan fingerprint density at radius 2 is 1.58 bits per heavy atom. The zero-order chi connectivity index (χ0) is 14.5. The summed E-state index contributed by atoms with van der Waals surface area (Å²) in [7, 11) is 0. The number of unbranched alkanes of at least 4 members (excludes halogenated alkanes) is 3. The van der Waals surface area contributed by atoms with E-state index in [1.54, 1.807) is 0 Å². The van der Waals surface area contributed by atoms with Gasteiger partial charge in [0, 0.05) is 13.2 Å². The van der Waals surface area contributed by atoms with Crippen LogP contribution in [-0.2, 0) is 4.74 Å². The summed E-state index contributed by atoms with van der Waals surface area (Å²) >= 11 is 0. The number of hydrogen-bond acceptors (Lipinski definition) is 3. The molecule has 3 nitrogen and oxygen atoms in total. The zero-order valence-electron chi connectivity index (χ0n) is 13.5. The van der Waals surface area contributed by atoms with Crippen LogP contribution in [0.15, 0.2) is 0 Å². The third kappa shape index (κ3) is 15.8. The van der Waals surface area contributed by atoms with Crippen LogP contribution in [0.1, 0.15) is 59.8 Å². The molecule has 1 atom stereocenters. The van der Waals surface area contributed by atoms with Crippen molar-refractivity contribution in [2.45, 2.75) is 65.9 Å². The molecule has 0 heterocycles. The Bertz CT molecular complexity index is 184. The monoisotopic (exact) mass is 273 g/mol. The highest BCUT2D eigenvalue weighted by Gasteiger charge is 2.04. The molecular weight excluding hydrogens is 238 g/mol. The van der Waals surface area contributed by atoms with E-state index < -0.39 is 0 Å². The maximum atomic E-state index is 9.68. The van der Waals surface area contributed by atoms with Crippen molar-refractivity contribution in [3.05, 3.63) is 0 Å². The number of hydrogen-bond donors (Lipinski definition) is 2. The highest BCUT2D eigenvalue weighted by Crippen LogP contribution is 2.08. The molecule has 0 aliphatic heterocycles. The maximum absolute atomic E-state index is 9.68. The zero-order valence-corrected chi connectivity index (χ0v) is 13.5. The lowest BCUT2D eigenvalue weighted by atomic mass is 10.0. The molecular formula is C16H35NO2. The van der Waals surface area contributed by atoms with E-state index in [-0.39, 0.29) is 6.10 Å². The SMILES string of the molecule is CC(C)CCCCCCNCC(O)COCC(C)C. The Morgan fingerprint density at radius 1 is 0.895 bits per heavy atom. The maximum Gasteiger partial charge on any atom is 0.0897 e. The van der Waals surface area contributed by atoms with Crippen LogP contribution in [0, 0.1) is 11.8 Å². The molecule has 0 bridgehead atoms. The van der Waals surface area contributed by atoms with E-state index in [0.717, 1.165) is 19.1 Å². The molecule has 0 aliphatic carbocycles. The molecule has 0 aliphatic rings. The highest BCUT2D eigenvalue weighted by molar-refractivity contribution is 4.59. The lowest BCUT2D eigenvalue weighted by Gasteiger charge is -2.13. The predicted molar refractivity (Wildman–Crippen MR) is 82.5 cm³/mol. The molecule has 0 rings (SSSR count). The molecule has 0 radical (unpaired) electrons. The van der Waals surface area contributed by atoms with E-state index in [1.165, 1.54) is 32.1 Å². The van der Waals surface area contributed by atoms with Crippen molar-refractivity contribution in [3.63, 3.8) is 0 Å². The van der Waals surface area contributed by atoms with Crippen molar-refractivity contribution in [1.29, 1.82) is 0 Å². The van der Waals surface area contributed by atoms with E-state index in [1.807, 2.05) is 0 Å². The first-order valence-electron chi connectivity index (χ1n) is 7.99. The van der Waals surface area contributed by atoms with Crippen LogP contribution in [0.2, 0.25) is 0 Å². The van der Waals surface area contributed by atoms with Crippen LogP contribution in [0.5, 0.6) is 0 Å². The quantitative estimate of drug-likeness (QED) is 0.506. The molecule has 0 saturated carbocycles. The van der Waals surface area contributed by atoms with Gasteiger partial charge >= 0.3 is 0 Å². The molecule has 19 heavy (non-hydrogen) atoms. The molecule has 3 heteroatoms. The number of aliphatic hydroxyl groups excluding tert-OH is 1. The molecule has 116 valence electrons. The standard InChI is InChI=1S/C16H35NO2/c1-14(2)9-7-5-6-8-10-17-11-16(18)13-19-12-15(3)4/h14-18H,5-13H2,1-4H3. The molecule has 0 aromatic rings. The molecule has 0 fully saturated rings. The summed E-state index contributed by atoms with van der Waals surface area (Å²) < 4.78 is 5.40. The Kier molecular flexibility index (Phi) is 12.8. The summed E-state index contributed by atoms with van der Waals surface area (Å²) in [4.78, 5) is 0. The summed E-state index contributed by atoms with van der Waals surface area (Å²) in [5.41, 5.74) is 0. The fourth-order valence-corrected chi connectivity index (χ4v) is 1.92. The molecule has 0 saturated heterocycles. The predicted octanol–water partition coefficient (Wildman–Crippen LogP) is 3.22. The second-order valence-corrected chi connectivity index (χ2v) is 6.39. The van der Waals surface area contributed by atoms with Gasteiger partial charge in [0.1, 0.15) is 0 Å². The third-order valence-electron chi connectivity index (χ3n) is 3.03. The van der Waals surface area contributed by atoms with Gasteiger partial charge in [-0.15, -0.1) is 0 Å². The van der Waals surface area contributed by atoms with Gasteiger partial charge in [-0.1, -0.05) is 53.4 Å². The Hall–Kier alpha value is -0.120. The molecule has 0 aromatic carbocycles. The van der Waals surface area contributed by atoms with Gasteiger partial charge < -0.3 is 15.2 Å². The van der Waals surface area contributed by atoms with E-state index in [4.69, 9.17) is 4.74 Å². The topological polar surface area (TPSA) is 41.5 Å². The van der Waals surface area contributed by atoms with E-state index >= 15 is 0 Å². The van der Waals surface area contributed by atoms with Crippen LogP contribution in [-0.4, -0.2) is 37.5 Å². The Balaban J connectivity index is 3.16. The molecule has 0 aromatic heterocycles. The largest absolute Gasteiger partial charge is 0.389 e. The summed E-state index contributed by atoms with van der Waals surface area (Å²) in [6, 6.07) is 0. The fraction of sp³-hybridized carbons (Fsp3) is 1.00. The first-order valence-corrected chi connectivity index (χ1v) is 7.99. The van der Waals surface area contributed by atoms with E-state index in [0.29, 0.717) is 19.1 Å². The smallest absolute Gasteiger partial charge is 0.0897 e.